The zero-order chi connectivity index (χ0) is 18.9. The van der Waals surface area contributed by atoms with Crippen LogP contribution in [0.15, 0.2) is 47.4 Å². The van der Waals surface area contributed by atoms with E-state index >= 15 is 0 Å². The summed E-state index contributed by atoms with van der Waals surface area (Å²) < 4.78 is 33.2. The monoisotopic (exact) mass is 374 g/mol. The summed E-state index contributed by atoms with van der Waals surface area (Å²) >= 11 is 0. The zero-order valence-electron chi connectivity index (χ0n) is 15.0. The molecule has 138 valence electrons. The average molecular weight is 374 g/mol. The van der Waals surface area contributed by atoms with Crippen molar-refractivity contribution in [2.45, 2.75) is 37.6 Å². The summed E-state index contributed by atoms with van der Waals surface area (Å²) in [7, 11) is -2.12. The van der Waals surface area contributed by atoms with Crippen LogP contribution in [0.4, 0.5) is 11.4 Å². The minimum absolute atomic E-state index is 0.0333. The second kappa shape index (κ2) is 6.99. The standard InChI is InChI=1S/C19H22N2O4S/c1-13-12-18(10-11-19(13)25-3)26(23,24)21(17-8-9-17)16-6-4-15(5-7-16)20-14(2)22/h4-7,10-12,17H,8-9H2,1-3H3,(H,20,22). The highest BCUT2D eigenvalue weighted by Crippen LogP contribution is 2.37. The van der Waals surface area contributed by atoms with Gasteiger partial charge in [-0.3, -0.25) is 9.10 Å². The van der Waals surface area contributed by atoms with Crippen molar-refractivity contribution in [1.29, 1.82) is 0 Å². The molecule has 0 radical (unpaired) electrons. The third kappa shape index (κ3) is 3.67. The van der Waals surface area contributed by atoms with Gasteiger partial charge in [-0.1, -0.05) is 0 Å². The highest BCUT2D eigenvalue weighted by molar-refractivity contribution is 7.92. The first kappa shape index (κ1) is 18.3. The fourth-order valence-electron chi connectivity index (χ4n) is 2.87. The molecule has 1 aliphatic carbocycles. The van der Waals surface area contributed by atoms with Gasteiger partial charge in [0.15, 0.2) is 0 Å². The second-order valence-corrected chi connectivity index (χ2v) is 8.21. The quantitative estimate of drug-likeness (QED) is 0.842. The molecule has 7 heteroatoms. The number of nitrogens with one attached hydrogen (secondary N) is 1. The minimum Gasteiger partial charge on any atom is -0.496 e. The number of ether oxygens (including phenoxy) is 1. The number of sulfonamides is 1. The molecule has 0 bridgehead atoms. The highest BCUT2D eigenvalue weighted by atomic mass is 32.2. The molecule has 0 unspecified atom stereocenters. The third-order valence-electron chi connectivity index (χ3n) is 4.24. The summed E-state index contributed by atoms with van der Waals surface area (Å²) in [6.45, 7) is 3.25. The molecule has 1 saturated carbocycles. The van der Waals surface area contributed by atoms with Gasteiger partial charge in [-0.2, -0.15) is 0 Å². The number of amides is 1. The number of hydrogen-bond donors (Lipinski definition) is 1. The predicted molar refractivity (Wildman–Crippen MR) is 101 cm³/mol. The van der Waals surface area contributed by atoms with Crippen molar-refractivity contribution in [2.24, 2.45) is 0 Å². The van der Waals surface area contributed by atoms with Crippen molar-refractivity contribution in [2.75, 3.05) is 16.7 Å². The molecule has 1 N–H and O–H groups in total. The Hall–Kier alpha value is -2.54. The molecule has 0 spiro atoms. The maximum atomic E-state index is 13.2. The van der Waals surface area contributed by atoms with Gasteiger partial charge < -0.3 is 10.1 Å². The third-order valence-corrected chi connectivity index (χ3v) is 6.12. The van der Waals surface area contributed by atoms with Crippen LogP contribution in [0.3, 0.4) is 0 Å². The van der Waals surface area contributed by atoms with Crippen molar-refractivity contribution in [1.82, 2.24) is 0 Å². The van der Waals surface area contributed by atoms with Crippen LogP contribution in [-0.4, -0.2) is 27.5 Å². The van der Waals surface area contributed by atoms with Crippen LogP contribution in [0.25, 0.3) is 0 Å². The predicted octanol–water partition coefficient (Wildman–Crippen LogP) is 3.32. The molecule has 2 aromatic carbocycles. The fourth-order valence-corrected chi connectivity index (χ4v) is 4.67. The van der Waals surface area contributed by atoms with E-state index < -0.39 is 10.0 Å². The van der Waals surface area contributed by atoms with Gasteiger partial charge in [0.2, 0.25) is 5.91 Å². The lowest BCUT2D eigenvalue weighted by molar-refractivity contribution is -0.114. The van der Waals surface area contributed by atoms with E-state index in [4.69, 9.17) is 4.74 Å². The molecular weight excluding hydrogens is 352 g/mol. The number of methoxy groups -OCH3 is 1. The fraction of sp³-hybridized carbons (Fsp3) is 0.316. The average Bonchev–Trinajstić information content (AvgIpc) is 3.40. The first-order valence-corrected chi connectivity index (χ1v) is 9.83. The zero-order valence-corrected chi connectivity index (χ0v) is 15.8. The van der Waals surface area contributed by atoms with Crippen molar-refractivity contribution in [3.63, 3.8) is 0 Å². The largest absolute Gasteiger partial charge is 0.496 e. The van der Waals surface area contributed by atoms with Gasteiger partial charge in [0, 0.05) is 18.7 Å². The van der Waals surface area contributed by atoms with Crippen molar-refractivity contribution >= 4 is 27.3 Å². The molecule has 0 heterocycles. The summed E-state index contributed by atoms with van der Waals surface area (Å²) in [6.07, 6.45) is 1.67. The van der Waals surface area contributed by atoms with Gasteiger partial charge in [0.1, 0.15) is 5.75 Å². The Morgan fingerprint density at radius 3 is 2.31 bits per heavy atom. The topological polar surface area (TPSA) is 75.7 Å². The van der Waals surface area contributed by atoms with E-state index in [1.165, 1.54) is 11.2 Å². The number of aryl methyl sites for hydroxylation is 1. The molecule has 3 rings (SSSR count). The Morgan fingerprint density at radius 1 is 1.15 bits per heavy atom. The molecule has 0 aliphatic heterocycles. The lowest BCUT2D eigenvalue weighted by Crippen LogP contribution is -2.33. The Bertz CT molecular complexity index is 919. The summed E-state index contributed by atoms with van der Waals surface area (Å²) in [4.78, 5) is 11.4. The lowest BCUT2D eigenvalue weighted by Gasteiger charge is -2.25. The highest BCUT2D eigenvalue weighted by Gasteiger charge is 2.38. The van der Waals surface area contributed by atoms with E-state index in [9.17, 15) is 13.2 Å². The Balaban J connectivity index is 1.97. The number of nitrogens with zero attached hydrogens (tertiary/aromatic N) is 1. The van der Waals surface area contributed by atoms with E-state index in [1.54, 1.807) is 49.6 Å². The molecule has 0 atom stereocenters. The number of carbonyl (C=O) groups is 1. The lowest BCUT2D eigenvalue weighted by atomic mass is 10.2. The molecule has 1 fully saturated rings. The van der Waals surface area contributed by atoms with E-state index in [2.05, 4.69) is 5.32 Å². The van der Waals surface area contributed by atoms with E-state index in [1.807, 2.05) is 6.92 Å². The van der Waals surface area contributed by atoms with Gasteiger partial charge in [0.05, 0.1) is 17.7 Å². The minimum atomic E-state index is -3.68. The molecule has 0 saturated heterocycles. The van der Waals surface area contributed by atoms with Crippen LogP contribution in [0.2, 0.25) is 0 Å². The van der Waals surface area contributed by atoms with Crippen molar-refractivity contribution in [3.8, 4) is 5.75 Å². The van der Waals surface area contributed by atoms with Crippen molar-refractivity contribution < 1.29 is 17.9 Å². The molecular formula is C19H22N2O4S. The van der Waals surface area contributed by atoms with Crippen LogP contribution in [-0.2, 0) is 14.8 Å². The summed E-state index contributed by atoms with van der Waals surface area (Å²) in [5, 5.41) is 2.69. The molecule has 26 heavy (non-hydrogen) atoms. The number of benzene rings is 2. The Morgan fingerprint density at radius 2 is 1.81 bits per heavy atom. The second-order valence-electron chi connectivity index (χ2n) is 6.39. The van der Waals surface area contributed by atoms with Crippen LogP contribution in [0, 0.1) is 6.92 Å². The molecule has 6 nitrogen and oxygen atoms in total. The summed E-state index contributed by atoms with van der Waals surface area (Å²) in [5.74, 6) is 0.486. The van der Waals surface area contributed by atoms with Gasteiger partial charge in [-0.15, -0.1) is 0 Å². The first-order valence-electron chi connectivity index (χ1n) is 8.39. The summed E-state index contributed by atoms with van der Waals surface area (Å²) in [6, 6.07) is 11.7. The normalized spacial score (nSPS) is 14.0. The maximum Gasteiger partial charge on any atom is 0.264 e. The van der Waals surface area contributed by atoms with Gasteiger partial charge in [0.25, 0.3) is 10.0 Å². The van der Waals surface area contributed by atoms with Gasteiger partial charge in [-0.25, -0.2) is 8.42 Å². The van der Waals surface area contributed by atoms with Crippen LogP contribution >= 0.6 is 0 Å². The van der Waals surface area contributed by atoms with E-state index in [0.717, 1.165) is 18.4 Å². The van der Waals surface area contributed by atoms with E-state index in [0.29, 0.717) is 17.1 Å². The summed E-state index contributed by atoms with van der Waals surface area (Å²) in [5.41, 5.74) is 2.00. The van der Waals surface area contributed by atoms with Crippen LogP contribution in [0.5, 0.6) is 5.75 Å². The molecule has 1 amide bonds. The number of carbonyl (C=O) groups excluding carboxylic acids is 1. The maximum absolute atomic E-state index is 13.2. The molecule has 0 aromatic heterocycles. The van der Waals surface area contributed by atoms with E-state index in [-0.39, 0.29) is 16.8 Å². The Kier molecular flexibility index (Phi) is 4.91. The number of rotatable bonds is 6. The van der Waals surface area contributed by atoms with Gasteiger partial charge in [-0.05, 0) is 67.8 Å². The number of anilines is 2. The van der Waals surface area contributed by atoms with Crippen LogP contribution < -0.4 is 14.4 Å². The SMILES string of the molecule is COc1ccc(S(=O)(=O)N(c2ccc(NC(C)=O)cc2)C2CC2)cc1C. The van der Waals surface area contributed by atoms with Crippen LogP contribution in [0.1, 0.15) is 25.3 Å². The Labute approximate surface area is 153 Å². The van der Waals surface area contributed by atoms with Crippen molar-refractivity contribution in [3.05, 3.63) is 48.0 Å². The van der Waals surface area contributed by atoms with Gasteiger partial charge >= 0.3 is 0 Å². The molecule has 1 aliphatic rings. The molecule has 2 aromatic rings. The number of hydrogen-bond acceptors (Lipinski definition) is 4. The first-order chi connectivity index (χ1) is 12.3. The smallest absolute Gasteiger partial charge is 0.264 e.